The Morgan fingerprint density at radius 1 is 1.29 bits per heavy atom. The molecule has 0 atom stereocenters. The van der Waals surface area contributed by atoms with Crippen LogP contribution in [0.5, 0.6) is 0 Å². The van der Waals surface area contributed by atoms with Crippen molar-refractivity contribution < 1.29 is 4.39 Å². The van der Waals surface area contributed by atoms with Gasteiger partial charge in [-0.15, -0.1) is 0 Å². The zero-order valence-corrected chi connectivity index (χ0v) is 4.21. The topological polar surface area (TPSA) is 0 Å². The number of alkyl halides is 1. The fourth-order valence-corrected chi connectivity index (χ4v) is 1.86. The molecule has 1 heteroatoms. The van der Waals surface area contributed by atoms with Gasteiger partial charge in [0.1, 0.15) is 5.67 Å². The van der Waals surface area contributed by atoms with Gasteiger partial charge in [0.05, 0.1) is 0 Å². The van der Waals surface area contributed by atoms with E-state index in [2.05, 4.69) is 6.92 Å². The number of halogens is 1. The molecule has 0 aromatic carbocycles. The highest BCUT2D eigenvalue weighted by Gasteiger charge is 2.66. The van der Waals surface area contributed by atoms with E-state index in [4.69, 9.17) is 0 Å². The van der Waals surface area contributed by atoms with E-state index in [1.54, 1.807) is 0 Å². The number of hydrogen-bond donors (Lipinski definition) is 0. The first-order valence-corrected chi connectivity index (χ1v) is 2.66. The molecule has 0 nitrogen and oxygen atoms in total. The third-order valence-electron chi connectivity index (χ3n) is 2.08. The van der Waals surface area contributed by atoms with Crippen LogP contribution in [0.1, 0.15) is 19.3 Å². The smallest absolute Gasteiger partial charge is 0.112 e. The molecule has 0 heterocycles. The van der Waals surface area contributed by atoms with Crippen molar-refractivity contribution in [2.75, 3.05) is 0 Å². The molecular formula is C6H8F. The quantitative estimate of drug-likeness (QED) is 0.433. The first kappa shape index (κ1) is 3.88. The van der Waals surface area contributed by atoms with Gasteiger partial charge in [-0.1, -0.05) is 0 Å². The van der Waals surface area contributed by atoms with Crippen LogP contribution < -0.4 is 0 Å². The van der Waals surface area contributed by atoms with Crippen LogP contribution in [-0.4, -0.2) is 5.67 Å². The maximum absolute atomic E-state index is 12.5. The third-order valence-corrected chi connectivity index (χ3v) is 2.08. The second-order valence-corrected chi connectivity index (χ2v) is 3.18. The van der Waals surface area contributed by atoms with Crippen molar-refractivity contribution in [2.24, 2.45) is 5.41 Å². The van der Waals surface area contributed by atoms with Gasteiger partial charge in [0.2, 0.25) is 0 Å². The molecule has 39 valence electrons. The Hall–Kier alpha value is -0.0700. The Morgan fingerprint density at radius 3 is 1.71 bits per heavy atom. The first-order chi connectivity index (χ1) is 3.12. The van der Waals surface area contributed by atoms with Gasteiger partial charge in [-0.25, -0.2) is 4.39 Å². The molecule has 0 amide bonds. The van der Waals surface area contributed by atoms with Gasteiger partial charge in [0.25, 0.3) is 0 Å². The summed E-state index contributed by atoms with van der Waals surface area (Å²) in [6.45, 7) is 3.85. The lowest BCUT2D eigenvalue weighted by Crippen LogP contribution is -2.62. The summed E-state index contributed by atoms with van der Waals surface area (Å²) in [7, 11) is 0. The fourth-order valence-electron chi connectivity index (χ4n) is 1.86. The number of rotatable bonds is 0. The van der Waals surface area contributed by atoms with Gasteiger partial charge in [-0.2, -0.15) is 0 Å². The first-order valence-electron chi connectivity index (χ1n) is 2.66. The Morgan fingerprint density at radius 2 is 1.71 bits per heavy atom. The van der Waals surface area contributed by atoms with Crippen LogP contribution in [-0.2, 0) is 0 Å². The molecule has 0 aromatic heterocycles. The van der Waals surface area contributed by atoms with E-state index in [0.717, 1.165) is 19.3 Å². The van der Waals surface area contributed by atoms with E-state index >= 15 is 0 Å². The molecule has 0 N–H and O–H groups in total. The summed E-state index contributed by atoms with van der Waals surface area (Å²) < 4.78 is 12.5. The van der Waals surface area contributed by atoms with Gasteiger partial charge < -0.3 is 0 Å². The third kappa shape index (κ3) is 0.285. The van der Waals surface area contributed by atoms with Crippen molar-refractivity contribution in [3.8, 4) is 0 Å². The predicted octanol–water partition coefficient (Wildman–Crippen LogP) is 1.71. The van der Waals surface area contributed by atoms with Crippen LogP contribution in [0.15, 0.2) is 0 Å². The molecule has 3 aliphatic carbocycles. The van der Waals surface area contributed by atoms with Crippen LogP contribution in [0.3, 0.4) is 0 Å². The minimum absolute atomic E-state index is 0.203. The molecule has 0 saturated heterocycles. The normalized spacial score (nSPS) is 66.0. The summed E-state index contributed by atoms with van der Waals surface area (Å²) in [5, 5.41) is 0. The van der Waals surface area contributed by atoms with Crippen LogP contribution in [0, 0.1) is 12.3 Å². The fraction of sp³-hybridized carbons (Fsp3) is 0.833. The Balaban J connectivity index is 2.16. The highest BCUT2D eigenvalue weighted by atomic mass is 19.1. The van der Waals surface area contributed by atoms with E-state index < -0.39 is 5.67 Å². The van der Waals surface area contributed by atoms with Crippen LogP contribution in [0.2, 0.25) is 0 Å². The molecule has 3 saturated carbocycles. The molecule has 0 aliphatic heterocycles. The minimum atomic E-state index is -0.734. The number of hydrogen-bond acceptors (Lipinski definition) is 0. The maximum Gasteiger partial charge on any atom is 0.112 e. The average molecular weight is 99.1 g/mol. The summed E-state index contributed by atoms with van der Waals surface area (Å²) >= 11 is 0. The SMILES string of the molecule is [CH2]C12CC(F)(C1)C2. The summed E-state index contributed by atoms with van der Waals surface area (Å²) in [5.41, 5.74) is -0.531. The van der Waals surface area contributed by atoms with Gasteiger partial charge in [-0.3, -0.25) is 0 Å². The maximum atomic E-state index is 12.5. The highest BCUT2D eigenvalue weighted by molar-refractivity contribution is 5.19. The predicted molar refractivity (Wildman–Crippen MR) is 25.5 cm³/mol. The lowest BCUT2D eigenvalue weighted by Gasteiger charge is -2.64. The molecule has 0 aromatic rings. The van der Waals surface area contributed by atoms with Crippen LogP contribution >= 0.6 is 0 Å². The zero-order chi connectivity index (χ0) is 5.12. The van der Waals surface area contributed by atoms with E-state index in [0.29, 0.717) is 0 Å². The van der Waals surface area contributed by atoms with Gasteiger partial charge in [-0.05, 0) is 31.6 Å². The van der Waals surface area contributed by atoms with Crippen molar-refractivity contribution in [1.82, 2.24) is 0 Å². The highest BCUT2D eigenvalue weighted by Crippen LogP contribution is 2.68. The molecule has 0 spiro atoms. The van der Waals surface area contributed by atoms with Crippen molar-refractivity contribution >= 4 is 0 Å². The van der Waals surface area contributed by atoms with Crippen molar-refractivity contribution in [3.05, 3.63) is 6.92 Å². The molecule has 3 aliphatic rings. The van der Waals surface area contributed by atoms with E-state index in [1.807, 2.05) is 0 Å². The molecule has 1 radical (unpaired) electrons. The van der Waals surface area contributed by atoms with Crippen molar-refractivity contribution in [2.45, 2.75) is 24.9 Å². The lowest BCUT2D eigenvalue weighted by atomic mass is 9.43. The lowest BCUT2D eigenvalue weighted by molar-refractivity contribution is -0.184. The van der Waals surface area contributed by atoms with E-state index in [9.17, 15) is 4.39 Å². The summed E-state index contributed by atoms with van der Waals surface area (Å²) in [5.74, 6) is 0. The Kier molecular flexibility index (Phi) is 0.358. The monoisotopic (exact) mass is 99.1 g/mol. The Labute approximate surface area is 42.7 Å². The molecule has 3 rings (SSSR count). The van der Waals surface area contributed by atoms with Crippen molar-refractivity contribution in [1.29, 1.82) is 0 Å². The molecular weight excluding hydrogens is 91.1 g/mol. The molecule has 3 fully saturated rings. The largest absolute Gasteiger partial charge is 0.244 e. The molecule has 2 bridgehead atoms. The van der Waals surface area contributed by atoms with Gasteiger partial charge >= 0.3 is 0 Å². The van der Waals surface area contributed by atoms with Crippen molar-refractivity contribution in [3.63, 3.8) is 0 Å². The van der Waals surface area contributed by atoms with Crippen LogP contribution in [0.25, 0.3) is 0 Å². The summed E-state index contributed by atoms with van der Waals surface area (Å²) in [6, 6.07) is 0. The molecule has 7 heavy (non-hydrogen) atoms. The van der Waals surface area contributed by atoms with E-state index in [1.165, 1.54) is 0 Å². The average Bonchev–Trinajstić information content (AvgIpc) is 1.27. The van der Waals surface area contributed by atoms with Gasteiger partial charge in [0.15, 0.2) is 0 Å². The minimum Gasteiger partial charge on any atom is -0.244 e. The second-order valence-electron chi connectivity index (χ2n) is 3.18. The van der Waals surface area contributed by atoms with Crippen LogP contribution in [0.4, 0.5) is 4.39 Å². The summed E-state index contributed by atoms with van der Waals surface area (Å²) in [4.78, 5) is 0. The standard InChI is InChI=1S/C6H8F/c1-5-2-6(7,3-5)4-5/h1-4H2. The molecule has 0 unspecified atom stereocenters. The second kappa shape index (κ2) is 0.647. The Bertz CT molecular complexity index is 85.6. The van der Waals surface area contributed by atoms with Gasteiger partial charge in [0, 0.05) is 0 Å². The zero-order valence-electron chi connectivity index (χ0n) is 4.21. The van der Waals surface area contributed by atoms with E-state index in [-0.39, 0.29) is 5.41 Å². The summed E-state index contributed by atoms with van der Waals surface area (Å²) in [6.07, 6.45) is 2.21.